The summed E-state index contributed by atoms with van der Waals surface area (Å²) >= 11 is 3.34. The van der Waals surface area contributed by atoms with Gasteiger partial charge in [-0.3, -0.25) is 0 Å². The summed E-state index contributed by atoms with van der Waals surface area (Å²) in [6, 6.07) is 1.86. The van der Waals surface area contributed by atoms with Crippen LogP contribution in [-0.4, -0.2) is 26.5 Å². The number of imidazole rings is 1. The molecule has 0 amide bonds. The van der Waals surface area contributed by atoms with Gasteiger partial charge in [-0.1, -0.05) is 0 Å². The van der Waals surface area contributed by atoms with E-state index in [-0.39, 0.29) is 0 Å². The molecule has 0 spiro atoms. The van der Waals surface area contributed by atoms with Crippen LogP contribution < -0.4 is 5.32 Å². The van der Waals surface area contributed by atoms with Crippen molar-refractivity contribution in [1.82, 2.24) is 19.9 Å². The number of hydrogen-bond acceptors (Lipinski definition) is 4. The summed E-state index contributed by atoms with van der Waals surface area (Å²) in [5.74, 6) is 1.58. The van der Waals surface area contributed by atoms with Gasteiger partial charge < -0.3 is 10.3 Å². The highest BCUT2D eigenvalue weighted by atomic mass is 79.9. The third kappa shape index (κ3) is 3.03. The van der Waals surface area contributed by atoms with Crippen LogP contribution in [-0.2, 0) is 6.42 Å². The van der Waals surface area contributed by atoms with Crippen molar-refractivity contribution in [1.29, 1.82) is 0 Å². The third-order valence-electron chi connectivity index (χ3n) is 2.06. The second-order valence-corrected chi connectivity index (χ2v) is 4.19. The summed E-state index contributed by atoms with van der Waals surface area (Å²) in [5.41, 5.74) is 1.11. The molecule has 84 valence electrons. The van der Waals surface area contributed by atoms with Crippen LogP contribution in [0.15, 0.2) is 23.2 Å². The zero-order chi connectivity index (χ0) is 11.4. The molecule has 0 unspecified atom stereocenters. The molecule has 2 aromatic rings. The van der Waals surface area contributed by atoms with Crippen molar-refractivity contribution in [3.8, 4) is 0 Å². The molecular weight excluding hydrogens is 270 g/mol. The minimum absolute atomic E-state index is 0.749. The Hall–Kier alpha value is -1.43. The Labute approximate surface area is 102 Å². The van der Waals surface area contributed by atoms with E-state index in [2.05, 4.69) is 41.2 Å². The quantitative estimate of drug-likeness (QED) is 0.841. The molecule has 16 heavy (non-hydrogen) atoms. The van der Waals surface area contributed by atoms with Crippen LogP contribution in [0.25, 0.3) is 0 Å². The summed E-state index contributed by atoms with van der Waals surface area (Å²) in [6.07, 6.45) is 4.39. The molecule has 0 aliphatic rings. The smallest absolute Gasteiger partial charge is 0.130 e. The summed E-state index contributed by atoms with van der Waals surface area (Å²) in [4.78, 5) is 15.4. The monoisotopic (exact) mass is 281 g/mol. The van der Waals surface area contributed by atoms with E-state index in [1.165, 1.54) is 0 Å². The van der Waals surface area contributed by atoms with Crippen LogP contribution in [0.1, 0.15) is 11.5 Å². The molecule has 6 heteroatoms. The van der Waals surface area contributed by atoms with E-state index in [9.17, 15) is 0 Å². The molecule has 2 heterocycles. The van der Waals surface area contributed by atoms with Gasteiger partial charge in [0.05, 0.1) is 6.33 Å². The van der Waals surface area contributed by atoms with E-state index >= 15 is 0 Å². The Morgan fingerprint density at radius 1 is 1.44 bits per heavy atom. The Balaban J connectivity index is 1.89. The number of nitrogens with one attached hydrogen (secondary N) is 2. The molecule has 0 aromatic carbocycles. The second kappa shape index (κ2) is 5.07. The van der Waals surface area contributed by atoms with Crippen molar-refractivity contribution < 1.29 is 0 Å². The van der Waals surface area contributed by atoms with Crippen LogP contribution in [0.2, 0.25) is 0 Å². The van der Waals surface area contributed by atoms with E-state index in [4.69, 9.17) is 0 Å². The molecule has 0 aliphatic heterocycles. The van der Waals surface area contributed by atoms with E-state index in [1.807, 2.05) is 19.2 Å². The number of anilines is 1. The average Bonchev–Trinajstić information content (AvgIpc) is 2.69. The maximum Gasteiger partial charge on any atom is 0.130 e. The molecule has 0 atom stereocenters. The molecular formula is C10H12BrN5. The fourth-order valence-corrected chi connectivity index (χ4v) is 1.84. The number of halogens is 1. The van der Waals surface area contributed by atoms with Gasteiger partial charge in [0.15, 0.2) is 0 Å². The molecule has 0 aliphatic carbocycles. The van der Waals surface area contributed by atoms with Gasteiger partial charge in [-0.25, -0.2) is 15.0 Å². The predicted molar refractivity (Wildman–Crippen MR) is 65.3 cm³/mol. The Kier molecular flexibility index (Phi) is 3.51. The number of aromatic nitrogens is 4. The van der Waals surface area contributed by atoms with Crippen molar-refractivity contribution in [3.63, 3.8) is 0 Å². The molecule has 0 saturated carbocycles. The lowest BCUT2D eigenvalue weighted by Crippen LogP contribution is -2.07. The molecule has 0 radical (unpaired) electrons. The summed E-state index contributed by atoms with van der Waals surface area (Å²) in [6.45, 7) is 2.68. The highest BCUT2D eigenvalue weighted by Crippen LogP contribution is 2.11. The molecule has 2 rings (SSSR count). The van der Waals surface area contributed by atoms with Crippen LogP contribution in [0.3, 0.4) is 0 Å². The van der Waals surface area contributed by atoms with Crippen LogP contribution >= 0.6 is 15.9 Å². The number of rotatable bonds is 4. The van der Waals surface area contributed by atoms with Crippen LogP contribution in [0.4, 0.5) is 5.82 Å². The zero-order valence-corrected chi connectivity index (χ0v) is 10.5. The predicted octanol–water partition coefficient (Wildman–Crippen LogP) is 1.93. The fraction of sp³-hybridized carbons (Fsp3) is 0.300. The Morgan fingerprint density at radius 2 is 2.31 bits per heavy atom. The Bertz CT molecular complexity index is 434. The van der Waals surface area contributed by atoms with Gasteiger partial charge in [0, 0.05) is 30.9 Å². The number of hydrogen-bond donors (Lipinski definition) is 2. The maximum atomic E-state index is 4.27. The van der Waals surface area contributed by atoms with E-state index in [1.54, 1.807) is 6.33 Å². The van der Waals surface area contributed by atoms with Crippen LogP contribution in [0, 0.1) is 6.92 Å². The minimum Gasteiger partial charge on any atom is -0.370 e. The molecule has 2 aromatic heterocycles. The minimum atomic E-state index is 0.749. The first-order valence-electron chi connectivity index (χ1n) is 4.96. The van der Waals surface area contributed by atoms with E-state index in [0.717, 1.165) is 34.9 Å². The fourth-order valence-electron chi connectivity index (χ4n) is 1.37. The summed E-state index contributed by atoms with van der Waals surface area (Å²) in [7, 11) is 0. The molecule has 2 N–H and O–H groups in total. The van der Waals surface area contributed by atoms with Crippen molar-refractivity contribution >= 4 is 21.7 Å². The number of nitrogens with zero attached hydrogens (tertiary/aromatic N) is 3. The first-order chi connectivity index (χ1) is 7.74. The lowest BCUT2D eigenvalue weighted by atomic mass is 10.3. The van der Waals surface area contributed by atoms with Crippen molar-refractivity contribution in [2.75, 3.05) is 11.9 Å². The molecule has 0 saturated heterocycles. The van der Waals surface area contributed by atoms with Gasteiger partial charge in [-0.15, -0.1) is 0 Å². The van der Waals surface area contributed by atoms with Crippen molar-refractivity contribution in [3.05, 3.63) is 34.7 Å². The van der Waals surface area contributed by atoms with Crippen LogP contribution in [0.5, 0.6) is 0 Å². The summed E-state index contributed by atoms with van der Waals surface area (Å²) < 4.78 is 0.795. The van der Waals surface area contributed by atoms with Gasteiger partial charge in [0.1, 0.15) is 16.2 Å². The lowest BCUT2D eigenvalue weighted by molar-refractivity contribution is 0.951. The largest absolute Gasteiger partial charge is 0.370 e. The summed E-state index contributed by atoms with van der Waals surface area (Å²) in [5, 5.41) is 3.24. The molecule has 0 fully saturated rings. The van der Waals surface area contributed by atoms with Crippen molar-refractivity contribution in [2.24, 2.45) is 0 Å². The van der Waals surface area contributed by atoms with Gasteiger partial charge in [0.2, 0.25) is 0 Å². The van der Waals surface area contributed by atoms with Crippen molar-refractivity contribution in [2.45, 2.75) is 13.3 Å². The highest BCUT2D eigenvalue weighted by molar-refractivity contribution is 9.10. The van der Waals surface area contributed by atoms with Gasteiger partial charge in [-0.2, -0.15) is 0 Å². The standard InChI is InChI=1S/C10H12BrN5/c1-7-15-9(11)4-10(16-7)13-3-2-8-5-12-6-14-8/h4-6H,2-3H2,1H3,(H,12,14)(H,13,15,16). The highest BCUT2D eigenvalue weighted by Gasteiger charge is 1.99. The van der Waals surface area contributed by atoms with E-state index < -0.39 is 0 Å². The SMILES string of the molecule is Cc1nc(Br)cc(NCCc2cnc[nH]2)n1. The Morgan fingerprint density at radius 3 is 3.00 bits per heavy atom. The topological polar surface area (TPSA) is 66.5 Å². The normalized spacial score (nSPS) is 10.4. The first-order valence-corrected chi connectivity index (χ1v) is 5.75. The number of aryl methyl sites for hydroxylation is 1. The average molecular weight is 282 g/mol. The van der Waals surface area contributed by atoms with E-state index in [0.29, 0.717) is 0 Å². The second-order valence-electron chi connectivity index (χ2n) is 3.38. The first kappa shape index (κ1) is 11.1. The number of H-pyrrole nitrogens is 1. The zero-order valence-electron chi connectivity index (χ0n) is 8.87. The third-order valence-corrected chi connectivity index (χ3v) is 2.47. The number of aromatic amines is 1. The maximum absolute atomic E-state index is 4.27. The van der Waals surface area contributed by atoms with Gasteiger partial charge in [-0.05, 0) is 22.9 Å². The molecule has 0 bridgehead atoms. The van der Waals surface area contributed by atoms with Gasteiger partial charge in [0.25, 0.3) is 0 Å². The lowest BCUT2D eigenvalue weighted by Gasteiger charge is -2.05. The van der Waals surface area contributed by atoms with Gasteiger partial charge >= 0.3 is 0 Å². The molecule has 5 nitrogen and oxygen atoms in total.